The van der Waals surface area contributed by atoms with Crippen molar-refractivity contribution in [3.63, 3.8) is 0 Å². The van der Waals surface area contributed by atoms with Crippen molar-refractivity contribution >= 4 is 5.91 Å². The molecule has 0 aliphatic rings. The maximum Gasteiger partial charge on any atom is 0.222 e. The number of nitriles is 1. The van der Waals surface area contributed by atoms with Crippen LogP contribution in [0.5, 0.6) is 0 Å². The lowest BCUT2D eigenvalue weighted by Crippen LogP contribution is -2.27. The molecule has 0 heterocycles. The summed E-state index contributed by atoms with van der Waals surface area (Å²) in [5, 5.41) is 11.7. The fourth-order valence-electron chi connectivity index (χ4n) is 1.29. The van der Waals surface area contributed by atoms with Crippen LogP contribution in [0.25, 0.3) is 0 Å². The number of rotatable bonds is 3. The lowest BCUT2D eigenvalue weighted by molar-refractivity contribution is -0.124. The minimum atomic E-state index is -0.0131. The van der Waals surface area contributed by atoms with Gasteiger partial charge in [0.1, 0.15) is 0 Å². The number of carbonyl (C=O) groups excluding carboxylic acids is 1. The van der Waals surface area contributed by atoms with Crippen molar-refractivity contribution in [1.82, 2.24) is 5.32 Å². The summed E-state index contributed by atoms with van der Waals surface area (Å²) in [5.41, 5.74) is 2.58. The third-order valence-electron chi connectivity index (χ3n) is 2.41. The second-order valence-electron chi connectivity index (χ2n) is 4.13. The molecule has 0 saturated carbocycles. The highest BCUT2D eigenvalue weighted by Gasteiger charge is 2.06. The molecule has 84 valence electrons. The van der Waals surface area contributed by atoms with Crippen molar-refractivity contribution in [2.45, 2.75) is 27.3 Å². The molecular formula is C13H16N2O. The van der Waals surface area contributed by atoms with E-state index < -0.39 is 0 Å². The minimum Gasteiger partial charge on any atom is -0.352 e. The van der Waals surface area contributed by atoms with Crippen LogP contribution in [-0.2, 0) is 11.3 Å². The maximum absolute atomic E-state index is 11.4. The van der Waals surface area contributed by atoms with E-state index in [0.717, 1.165) is 11.1 Å². The van der Waals surface area contributed by atoms with E-state index in [0.29, 0.717) is 12.1 Å². The molecule has 0 atom stereocenters. The fraction of sp³-hybridized carbons (Fsp3) is 0.385. The molecule has 0 unspecified atom stereocenters. The maximum atomic E-state index is 11.4. The van der Waals surface area contributed by atoms with Crippen molar-refractivity contribution in [3.8, 4) is 6.07 Å². The molecule has 1 aromatic rings. The van der Waals surface area contributed by atoms with Gasteiger partial charge in [-0.3, -0.25) is 4.79 Å². The zero-order valence-electron chi connectivity index (χ0n) is 9.87. The van der Waals surface area contributed by atoms with E-state index in [1.165, 1.54) is 0 Å². The number of hydrogen-bond donors (Lipinski definition) is 1. The van der Waals surface area contributed by atoms with Gasteiger partial charge in [-0.15, -0.1) is 0 Å². The molecule has 3 nitrogen and oxygen atoms in total. The molecule has 0 aliphatic carbocycles. The van der Waals surface area contributed by atoms with Crippen LogP contribution < -0.4 is 5.32 Å². The predicted molar refractivity (Wildman–Crippen MR) is 62.6 cm³/mol. The van der Waals surface area contributed by atoms with E-state index in [-0.39, 0.29) is 11.8 Å². The lowest BCUT2D eigenvalue weighted by atomic mass is 10.1. The Morgan fingerprint density at radius 1 is 1.50 bits per heavy atom. The van der Waals surface area contributed by atoms with Gasteiger partial charge in [-0.05, 0) is 24.1 Å². The second-order valence-corrected chi connectivity index (χ2v) is 4.13. The molecule has 0 aromatic heterocycles. The average Bonchev–Trinajstić information content (AvgIpc) is 2.27. The first-order chi connectivity index (χ1) is 7.54. The summed E-state index contributed by atoms with van der Waals surface area (Å²) in [7, 11) is 0. The molecular weight excluding hydrogens is 200 g/mol. The van der Waals surface area contributed by atoms with Gasteiger partial charge >= 0.3 is 0 Å². The monoisotopic (exact) mass is 216 g/mol. The summed E-state index contributed by atoms with van der Waals surface area (Å²) in [4.78, 5) is 11.4. The predicted octanol–water partition coefficient (Wildman–Crippen LogP) is 2.14. The molecule has 1 rings (SSSR count). The Hall–Kier alpha value is -1.82. The van der Waals surface area contributed by atoms with Gasteiger partial charge in [-0.1, -0.05) is 26.0 Å². The molecule has 0 aliphatic heterocycles. The number of carbonyl (C=O) groups is 1. The molecule has 1 aromatic carbocycles. The largest absolute Gasteiger partial charge is 0.352 e. The molecule has 0 fully saturated rings. The standard InChI is InChI=1S/C13H16N2O/c1-9(2)13(16)15-8-11-5-4-10(3)12(6-11)7-14/h4-6,9H,8H2,1-3H3,(H,15,16). The SMILES string of the molecule is Cc1ccc(CNC(=O)C(C)C)cc1C#N. The van der Waals surface area contributed by atoms with Crippen LogP contribution in [0.3, 0.4) is 0 Å². The van der Waals surface area contributed by atoms with Crippen molar-refractivity contribution < 1.29 is 4.79 Å². The van der Waals surface area contributed by atoms with Crippen molar-refractivity contribution in [2.24, 2.45) is 5.92 Å². The molecule has 0 radical (unpaired) electrons. The molecule has 0 bridgehead atoms. The van der Waals surface area contributed by atoms with Gasteiger partial charge in [0.2, 0.25) is 5.91 Å². The van der Waals surface area contributed by atoms with E-state index in [2.05, 4.69) is 11.4 Å². The quantitative estimate of drug-likeness (QED) is 0.841. The Labute approximate surface area is 96.1 Å². The van der Waals surface area contributed by atoms with E-state index in [4.69, 9.17) is 5.26 Å². The van der Waals surface area contributed by atoms with E-state index in [1.54, 1.807) is 0 Å². The highest BCUT2D eigenvalue weighted by atomic mass is 16.1. The number of hydrogen-bond acceptors (Lipinski definition) is 2. The highest BCUT2D eigenvalue weighted by Crippen LogP contribution is 2.10. The van der Waals surface area contributed by atoms with Crippen molar-refractivity contribution in [2.75, 3.05) is 0 Å². The smallest absolute Gasteiger partial charge is 0.222 e. The van der Waals surface area contributed by atoms with Crippen LogP contribution in [0.2, 0.25) is 0 Å². The highest BCUT2D eigenvalue weighted by molar-refractivity contribution is 5.77. The molecule has 3 heteroatoms. The fourth-order valence-corrected chi connectivity index (χ4v) is 1.29. The third kappa shape index (κ3) is 3.09. The van der Waals surface area contributed by atoms with Crippen LogP contribution in [-0.4, -0.2) is 5.91 Å². The summed E-state index contributed by atoms with van der Waals surface area (Å²) >= 11 is 0. The van der Waals surface area contributed by atoms with Gasteiger partial charge in [-0.2, -0.15) is 5.26 Å². The van der Waals surface area contributed by atoms with Gasteiger partial charge in [0.15, 0.2) is 0 Å². The van der Waals surface area contributed by atoms with E-state index in [9.17, 15) is 4.79 Å². The number of nitrogens with zero attached hydrogens (tertiary/aromatic N) is 1. The molecule has 1 amide bonds. The minimum absolute atomic E-state index is 0.0131. The Bertz CT molecular complexity index is 430. The van der Waals surface area contributed by atoms with Gasteiger partial charge in [-0.25, -0.2) is 0 Å². The third-order valence-corrected chi connectivity index (χ3v) is 2.41. The first kappa shape index (κ1) is 12.3. The van der Waals surface area contributed by atoms with Gasteiger partial charge in [0.05, 0.1) is 11.6 Å². The van der Waals surface area contributed by atoms with Crippen LogP contribution in [0.15, 0.2) is 18.2 Å². The van der Waals surface area contributed by atoms with E-state index >= 15 is 0 Å². The molecule has 0 saturated heterocycles. The summed E-state index contributed by atoms with van der Waals surface area (Å²) in [6, 6.07) is 7.77. The summed E-state index contributed by atoms with van der Waals surface area (Å²) in [5.74, 6) is 0.0139. The normalized spacial score (nSPS) is 9.94. The number of amides is 1. The molecule has 0 spiro atoms. The van der Waals surface area contributed by atoms with Crippen LogP contribution in [0.1, 0.15) is 30.5 Å². The molecule has 16 heavy (non-hydrogen) atoms. The molecule has 1 N–H and O–H groups in total. The Morgan fingerprint density at radius 2 is 2.19 bits per heavy atom. The summed E-state index contributed by atoms with van der Waals surface area (Å²) in [6.07, 6.45) is 0. The lowest BCUT2D eigenvalue weighted by Gasteiger charge is -2.08. The topological polar surface area (TPSA) is 52.9 Å². The van der Waals surface area contributed by atoms with Crippen LogP contribution >= 0.6 is 0 Å². The first-order valence-electron chi connectivity index (χ1n) is 5.32. The van der Waals surface area contributed by atoms with Crippen molar-refractivity contribution in [3.05, 3.63) is 34.9 Å². The van der Waals surface area contributed by atoms with Gasteiger partial charge in [0, 0.05) is 12.5 Å². The Balaban J connectivity index is 2.69. The average molecular weight is 216 g/mol. The zero-order chi connectivity index (χ0) is 12.1. The first-order valence-corrected chi connectivity index (χ1v) is 5.32. The second kappa shape index (κ2) is 5.32. The Kier molecular flexibility index (Phi) is 4.07. The van der Waals surface area contributed by atoms with Crippen LogP contribution in [0.4, 0.5) is 0 Å². The van der Waals surface area contributed by atoms with Gasteiger partial charge < -0.3 is 5.32 Å². The van der Waals surface area contributed by atoms with Gasteiger partial charge in [0.25, 0.3) is 0 Å². The summed E-state index contributed by atoms with van der Waals surface area (Å²) < 4.78 is 0. The number of benzene rings is 1. The zero-order valence-corrected chi connectivity index (χ0v) is 9.87. The van der Waals surface area contributed by atoms with Crippen LogP contribution in [0, 0.1) is 24.2 Å². The van der Waals surface area contributed by atoms with Crippen molar-refractivity contribution in [1.29, 1.82) is 5.26 Å². The van der Waals surface area contributed by atoms with E-state index in [1.807, 2.05) is 39.0 Å². The number of nitrogens with one attached hydrogen (secondary N) is 1. The number of aryl methyl sites for hydroxylation is 1. The Morgan fingerprint density at radius 3 is 2.75 bits per heavy atom. The summed E-state index contributed by atoms with van der Waals surface area (Å²) in [6.45, 7) is 6.08.